The number of rotatable bonds is 1. The van der Waals surface area contributed by atoms with E-state index in [0.717, 1.165) is 6.07 Å². The van der Waals surface area contributed by atoms with Crippen LogP contribution < -0.4 is 0 Å². The molecule has 1 aliphatic carbocycles. The highest BCUT2D eigenvalue weighted by Crippen LogP contribution is 2.35. The van der Waals surface area contributed by atoms with E-state index in [1.165, 1.54) is 0 Å². The van der Waals surface area contributed by atoms with Gasteiger partial charge in [0.25, 0.3) is 0 Å². The largest absolute Gasteiger partial charge is 0.450 e. The van der Waals surface area contributed by atoms with Crippen molar-refractivity contribution < 1.29 is 21.8 Å². The molecule has 0 N–H and O–H groups in total. The van der Waals surface area contributed by atoms with Gasteiger partial charge in [-0.3, -0.25) is 0 Å². The minimum atomic E-state index is -4.51. The van der Waals surface area contributed by atoms with Crippen molar-refractivity contribution >= 4 is 16.7 Å². The molecule has 0 amide bonds. The lowest BCUT2D eigenvalue weighted by Gasteiger charge is -2.16. The van der Waals surface area contributed by atoms with Crippen molar-refractivity contribution in [2.45, 2.75) is 51.0 Å². The van der Waals surface area contributed by atoms with Crippen LogP contribution in [0.2, 0.25) is 0 Å². The maximum Gasteiger partial charge on any atom is 0.449 e. The standard InChI is InChI=1S/C13H16F3NO2S/c1-12(2,3)20(18)17-9-6-4-5-8-7-10(13(14,15)16)19-11(8)9/h7H,4-6H2,1-3H3. The maximum absolute atomic E-state index is 12.7. The Labute approximate surface area is 117 Å². The zero-order valence-corrected chi connectivity index (χ0v) is 12.3. The minimum absolute atomic E-state index is 0.140. The first-order chi connectivity index (χ1) is 9.09. The van der Waals surface area contributed by atoms with Crippen LogP contribution in [-0.4, -0.2) is 14.7 Å². The molecule has 1 aromatic heterocycles. The number of aryl methyl sites for hydroxylation is 1. The molecule has 0 radical (unpaired) electrons. The zero-order chi connectivity index (χ0) is 15.1. The molecule has 0 saturated carbocycles. The summed E-state index contributed by atoms with van der Waals surface area (Å²) >= 11 is 0. The van der Waals surface area contributed by atoms with Crippen LogP contribution in [0.3, 0.4) is 0 Å². The highest BCUT2D eigenvalue weighted by molar-refractivity contribution is 7.85. The van der Waals surface area contributed by atoms with Crippen LogP contribution in [0.1, 0.15) is 50.7 Å². The summed E-state index contributed by atoms with van der Waals surface area (Å²) in [6, 6.07) is 1.02. The van der Waals surface area contributed by atoms with Crippen LogP contribution in [0.4, 0.5) is 13.2 Å². The highest BCUT2D eigenvalue weighted by Gasteiger charge is 2.37. The van der Waals surface area contributed by atoms with Gasteiger partial charge in [-0.1, -0.05) is 0 Å². The minimum Gasteiger partial charge on any atom is -0.450 e. The Morgan fingerprint density at radius 1 is 1.25 bits per heavy atom. The van der Waals surface area contributed by atoms with Crippen LogP contribution in [0.15, 0.2) is 14.9 Å². The van der Waals surface area contributed by atoms with E-state index >= 15 is 0 Å². The Balaban J connectivity index is 2.41. The average molecular weight is 307 g/mol. The molecule has 0 saturated heterocycles. The molecule has 1 atom stereocenters. The molecular formula is C13H16F3NO2S. The number of hydrogen-bond acceptors (Lipinski definition) is 2. The normalized spacial score (nSPS) is 20.0. The summed E-state index contributed by atoms with van der Waals surface area (Å²) in [5.41, 5.74) is 0.864. The highest BCUT2D eigenvalue weighted by atomic mass is 32.2. The fourth-order valence-electron chi connectivity index (χ4n) is 1.88. The van der Waals surface area contributed by atoms with E-state index < -0.39 is 27.7 Å². The van der Waals surface area contributed by atoms with E-state index in [2.05, 4.69) is 4.40 Å². The molecule has 1 aromatic rings. The van der Waals surface area contributed by atoms with Crippen molar-refractivity contribution in [2.75, 3.05) is 0 Å². The third-order valence-corrected chi connectivity index (χ3v) is 4.36. The van der Waals surface area contributed by atoms with Gasteiger partial charge >= 0.3 is 6.18 Å². The van der Waals surface area contributed by atoms with E-state index in [9.17, 15) is 17.4 Å². The maximum atomic E-state index is 12.7. The Morgan fingerprint density at radius 2 is 1.90 bits per heavy atom. The number of furan rings is 1. The summed E-state index contributed by atoms with van der Waals surface area (Å²) in [7, 11) is -1.51. The molecule has 7 heteroatoms. The Hall–Kier alpha value is -1.11. The summed E-state index contributed by atoms with van der Waals surface area (Å²) in [5.74, 6) is -0.875. The van der Waals surface area contributed by atoms with Crippen molar-refractivity contribution in [2.24, 2.45) is 4.40 Å². The lowest BCUT2D eigenvalue weighted by molar-refractivity contribution is -0.153. The first kappa shape index (κ1) is 15.3. The van der Waals surface area contributed by atoms with E-state index in [0.29, 0.717) is 30.5 Å². The van der Waals surface area contributed by atoms with Gasteiger partial charge in [-0.05, 0) is 46.1 Å². The third kappa shape index (κ3) is 3.13. The van der Waals surface area contributed by atoms with Gasteiger partial charge in [0, 0.05) is 5.56 Å². The summed E-state index contributed by atoms with van der Waals surface area (Å²) in [6.45, 7) is 5.29. The quantitative estimate of drug-likeness (QED) is 0.790. The van der Waals surface area contributed by atoms with Gasteiger partial charge in [-0.15, -0.1) is 0 Å². The number of nitrogens with zero attached hydrogens (tertiary/aromatic N) is 1. The van der Waals surface area contributed by atoms with E-state index in [1.54, 1.807) is 20.8 Å². The molecule has 0 fully saturated rings. The lowest BCUT2D eigenvalue weighted by Crippen LogP contribution is -2.22. The first-order valence-corrected chi connectivity index (χ1v) is 7.39. The van der Waals surface area contributed by atoms with Crippen molar-refractivity contribution in [3.05, 3.63) is 23.2 Å². The van der Waals surface area contributed by atoms with Gasteiger partial charge in [0.1, 0.15) is 11.0 Å². The molecule has 20 heavy (non-hydrogen) atoms. The fraction of sp³-hybridized carbons (Fsp3) is 0.615. The molecule has 112 valence electrons. The van der Waals surface area contributed by atoms with Gasteiger partial charge in [0.2, 0.25) is 5.76 Å². The molecular weight excluding hydrogens is 291 g/mol. The summed E-state index contributed by atoms with van der Waals surface area (Å²) in [5, 5.41) is 0. The second-order valence-electron chi connectivity index (χ2n) is 5.72. The molecule has 1 heterocycles. The Kier molecular flexibility index (Phi) is 3.83. The fourth-order valence-corrected chi connectivity index (χ4v) is 2.53. The van der Waals surface area contributed by atoms with Gasteiger partial charge in [0.15, 0.2) is 5.76 Å². The lowest BCUT2D eigenvalue weighted by atomic mass is 9.97. The molecule has 1 aliphatic rings. The molecule has 0 aliphatic heterocycles. The van der Waals surface area contributed by atoms with E-state index in [-0.39, 0.29) is 5.76 Å². The Bertz CT molecular complexity index is 567. The topological polar surface area (TPSA) is 42.6 Å². The van der Waals surface area contributed by atoms with Crippen LogP contribution in [0.25, 0.3) is 0 Å². The predicted octanol–water partition coefficient (Wildman–Crippen LogP) is 3.89. The van der Waals surface area contributed by atoms with E-state index in [1.807, 2.05) is 0 Å². The van der Waals surface area contributed by atoms with Crippen LogP contribution in [0.5, 0.6) is 0 Å². The van der Waals surface area contributed by atoms with Crippen LogP contribution in [0, 0.1) is 0 Å². The monoisotopic (exact) mass is 307 g/mol. The molecule has 0 bridgehead atoms. The molecule has 2 rings (SSSR count). The summed E-state index contributed by atoms with van der Waals surface area (Å²) in [6.07, 6.45) is -2.81. The van der Waals surface area contributed by atoms with Gasteiger partial charge in [-0.2, -0.15) is 17.6 Å². The van der Waals surface area contributed by atoms with Crippen LogP contribution >= 0.6 is 0 Å². The smallest absolute Gasteiger partial charge is 0.449 e. The third-order valence-electron chi connectivity index (χ3n) is 2.93. The van der Waals surface area contributed by atoms with Gasteiger partial charge < -0.3 is 4.42 Å². The molecule has 0 aromatic carbocycles. The van der Waals surface area contributed by atoms with Crippen molar-refractivity contribution in [1.29, 1.82) is 0 Å². The average Bonchev–Trinajstić information content (AvgIpc) is 2.72. The van der Waals surface area contributed by atoms with Gasteiger partial charge in [-0.25, -0.2) is 4.21 Å². The summed E-state index contributed by atoms with van der Waals surface area (Å²) < 4.78 is 58.4. The number of halogens is 3. The zero-order valence-electron chi connectivity index (χ0n) is 11.5. The molecule has 3 nitrogen and oxygen atoms in total. The number of alkyl halides is 3. The molecule has 1 unspecified atom stereocenters. The van der Waals surface area contributed by atoms with Gasteiger partial charge in [0.05, 0.1) is 10.5 Å². The molecule has 0 spiro atoms. The predicted molar refractivity (Wildman–Crippen MR) is 71.1 cm³/mol. The SMILES string of the molecule is CC(C)(C)S(=O)N=C1CCCc2cc(C(F)(F)F)oc21. The van der Waals surface area contributed by atoms with Crippen molar-refractivity contribution in [1.82, 2.24) is 0 Å². The Morgan fingerprint density at radius 3 is 2.45 bits per heavy atom. The van der Waals surface area contributed by atoms with Crippen molar-refractivity contribution in [3.8, 4) is 0 Å². The van der Waals surface area contributed by atoms with Crippen molar-refractivity contribution in [3.63, 3.8) is 0 Å². The number of hydrogen-bond donors (Lipinski definition) is 0. The number of fused-ring (bicyclic) bond motifs is 1. The second kappa shape index (κ2) is 5.02. The second-order valence-corrected chi connectivity index (χ2v) is 7.62. The first-order valence-electron chi connectivity index (χ1n) is 6.29. The summed E-state index contributed by atoms with van der Waals surface area (Å²) in [4.78, 5) is 0. The van der Waals surface area contributed by atoms with E-state index in [4.69, 9.17) is 4.42 Å². The van der Waals surface area contributed by atoms with Crippen LogP contribution in [-0.2, 0) is 23.6 Å².